The fourth-order valence-electron chi connectivity index (χ4n) is 0.890. The van der Waals surface area contributed by atoms with Crippen molar-refractivity contribution < 1.29 is 26.3 Å². The molecule has 0 aromatic heterocycles. The molecule has 1 nitrogen and oxygen atoms in total. The van der Waals surface area contributed by atoms with Crippen LogP contribution in [0.15, 0.2) is 0 Å². The third-order valence-corrected chi connectivity index (χ3v) is 1.81. The number of alkyl halides is 6. The molecule has 2 unspecified atom stereocenters. The van der Waals surface area contributed by atoms with Crippen molar-refractivity contribution in [3.63, 3.8) is 0 Å². The molecule has 0 aliphatic heterocycles. The number of nitrogens with two attached hydrogens (primary N) is 1. The lowest BCUT2D eigenvalue weighted by Gasteiger charge is -2.18. The maximum Gasteiger partial charge on any atom is 0.421 e. The lowest BCUT2D eigenvalue weighted by molar-refractivity contribution is -0.195. The smallest absolute Gasteiger partial charge is 0.317 e. The Morgan fingerprint density at radius 1 is 1.25 bits per heavy atom. The predicted molar refractivity (Wildman–Crippen MR) is 27.4 cm³/mol. The first kappa shape index (κ1) is 9.63. The second kappa shape index (κ2) is 2.07. The quantitative estimate of drug-likeness (QED) is 0.629. The predicted octanol–water partition coefficient (Wildman–Crippen LogP) is 1.62. The molecule has 72 valence electrons. The molecule has 0 spiro atoms. The highest BCUT2D eigenvalue weighted by molar-refractivity contribution is 5.21. The van der Waals surface area contributed by atoms with E-state index in [2.05, 4.69) is 5.73 Å². The summed E-state index contributed by atoms with van der Waals surface area (Å²) in [5.74, 6) is -3.73. The highest BCUT2D eigenvalue weighted by atomic mass is 19.4. The molecule has 0 saturated heterocycles. The van der Waals surface area contributed by atoms with Gasteiger partial charge in [-0.2, -0.15) is 13.2 Å². The lowest BCUT2D eigenvalue weighted by Crippen LogP contribution is -2.48. The van der Waals surface area contributed by atoms with E-state index < -0.39 is 30.2 Å². The number of hydrogen-bond acceptors (Lipinski definition) is 1. The third-order valence-electron chi connectivity index (χ3n) is 1.81. The molecule has 1 rings (SSSR count). The summed E-state index contributed by atoms with van der Waals surface area (Å²) in [5.41, 5.74) is 1.47. The van der Waals surface area contributed by atoms with Gasteiger partial charge in [-0.3, -0.25) is 0 Å². The third kappa shape index (κ3) is 1.16. The van der Waals surface area contributed by atoms with E-state index in [1.54, 1.807) is 0 Å². The van der Waals surface area contributed by atoms with Gasteiger partial charge in [0.25, 0.3) is 5.92 Å². The van der Waals surface area contributed by atoms with Gasteiger partial charge >= 0.3 is 6.18 Å². The Morgan fingerprint density at radius 2 is 1.58 bits per heavy atom. The fraction of sp³-hybridized carbons (Fsp3) is 1.00. The van der Waals surface area contributed by atoms with Crippen LogP contribution in [0.25, 0.3) is 0 Å². The Kier molecular flexibility index (Phi) is 1.66. The first-order valence-corrected chi connectivity index (χ1v) is 2.99. The minimum Gasteiger partial charge on any atom is -0.317 e. The number of hydrogen-bond donors (Lipinski definition) is 1. The van der Waals surface area contributed by atoms with Gasteiger partial charge in [0.1, 0.15) is 5.54 Å². The highest BCUT2D eigenvalue weighted by Crippen LogP contribution is 2.56. The van der Waals surface area contributed by atoms with Crippen molar-refractivity contribution in [2.75, 3.05) is 0 Å². The zero-order valence-electron chi connectivity index (χ0n) is 5.63. The molecular formula is C5H5F6N. The summed E-state index contributed by atoms with van der Waals surface area (Å²) < 4.78 is 71.1. The maximum absolute atomic E-state index is 12.2. The van der Waals surface area contributed by atoms with E-state index >= 15 is 0 Å². The second-order valence-electron chi connectivity index (χ2n) is 2.83. The van der Waals surface area contributed by atoms with Gasteiger partial charge in [-0.05, 0) is 0 Å². The van der Waals surface area contributed by atoms with Crippen LogP contribution in [-0.4, -0.2) is 23.8 Å². The van der Waals surface area contributed by atoms with Crippen molar-refractivity contribution in [2.24, 2.45) is 5.73 Å². The normalized spacial score (nSPS) is 36.2. The summed E-state index contributed by atoms with van der Waals surface area (Å²) >= 11 is 0. The molecule has 0 amide bonds. The van der Waals surface area contributed by atoms with Crippen LogP contribution in [0.2, 0.25) is 0 Å². The van der Waals surface area contributed by atoms with Crippen LogP contribution in [0.4, 0.5) is 26.3 Å². The monoisotopic (exact) mass is 193 g/mol. The van der Waals surface area contributed by atoms with Gasteiger partial charge in [0.2, 0.25) is 6.17 Å². The zero-order valence-corrected chi connectivity index (χ0v) is 5.63. The van der Waals surface area contributed by atoms with Crippen LogP contribution in [-0.2, 0) is 0 Å². The van der Waals surface area contributed by atoms with E-state index in [0.29, 0.717) is 0 Å². The van der Waals surface area contributed by atoms with E-state index in [-0.39, 0.29) is 0 Å². The maximum atomic E-state index is 12.2. The van der Waals surface area contributed by atoms with E-state index in [4.69, 9.17) is 0 Å². The molecule has 1 fully saturated rings. The summed E-state index contributed by atoms with van der Waals surface area (Å²) in [6, 6.07) is 0. The molecule has 1 aliphatic rings. The molecular weight excluding hydrogens is 188 g/mol. The first-order chi connectivity index (χ1) is 5.11. The van der Waals surface area contributed by atoms with E-state index in [0.717, 1.165) is 0 Å². The average molecular weight is 193 g/mol. The van der Waals surface area contributed by atoms with Gasteiger partial charge in [-0.25, -0.2) is 13.2 Å². The summed E-state index contributed by atoms with van der Waals surface area (Å²) in [5, 5.41) is 0. The fourth-order valence-corrected chi connectivity index (χ4v) is 0.890. The van der Waals surface area contributed by atoms with E-state index in [9.17, 15) is 26.3 Å². The SMILES string of the molecule is NC1(C(F)C(F)(F)F)CC1(F)F. The Hall–Kier alpha value is -0.460. The Balaban J connectivity index is 2.75. The minimum atomic E-state index is -5.31. The molecule has 7 heteroatoms. The number of halogens is 6. The van der Waals surface area contributed by atoms with Crippen molar-refractivity contribution in [1.29, 1.82) is 0 Å². The van der Waals surface area contributed by atoms with Crippen LogP contribution >= 0.6 is 0 Å². The van der Waals surface area contributed by atoms with Gasteiger partial charge < -0.3 is 5.73 Å². The molecule has 0 bridgehead atoms. The van der Waals surface area contributed by atoms with Gasteiger partial charge in [0, 0.05) is 6.42 Å². The van der Waals surface area contributed by atoms with Crippen molar-refractivity contribution in [3.8, 4) is 0 Å². The first-order valence-electron chi connectivity index (χ1n) is 2.99. The van der Waals surface area contributed by atoms with Crippen molar-refractivity contribution >= 4 is 0 Å². The molecule has 2 atom stereocenters. The van der Waals surface area contributed by atoms with Gasteiger partial charge in [0.05, 0.1) is 0 Å². The Labute approximate surface area is 63.5 Å². The molecule has 0 aromatic rings. The topological polar surface area (TPSA) is 26.0 Å². The molecule has 0 aromatic carbocycles. The van der Waals surface area contributed by atoms with E-state index in [1.165, 1.54) is 0 Å². The van der Waals surface area contributed by atoms with Crippen LogP contribution < -0.4 is 5.73 Å². The van der Waals surface area contributed by atoms with E-state index in [1.807, 2.05) is 0 Å². The van der Waals surface area contributed by atoms with Crippen LogP contribution in [0.5, 0.6) is 0 Å². The molecule has 1 aliphatic carbocycles. The van der Waals surface area contributed by atoms with Gasteiger partial charge in [-0.1, -0.05) is 0 Å². The molecule has 1 saturated carbocycles. The van der Waals surface area contributed by atoms with Gasteiger partial charge in [0.15, 0.2) is 0 Å². The van der Waals surface area contributed by atoms with Crippen molar-refractivity contribution in [3.05, 3.63) is 0 Å². The zero-order chi connectivity index (χ0) is 9.78. The van der Waals surface area contributed by atoms with Crippen LogP contribution in [0, 0.1) is 0 Å². The molecule has 2 N–H and O–H groups in total. The summed E-state index contributed by atoms with van der Waals surface area (Å²) in [6.07, 6.45) is -10.2. The summed E-state index contributed by atoms with van der Waals surface area (Å²) in [7, 11) is 0. The van der Waals surface area contributed by atoms with Crippen molar-refractivity contribution in [2.45, 2.75) is 30.2 Å². The Morgan fingerprint density at radius 3 is 1.67 bits per heavy atom. The second-order valence-corrected chi connectivity index (χ2v) is 2.83. The van der Waals surface area contributed by atoms with Crippen LogP contribution in [0.3, 0.4) is 0 Å². The molecule has 12 heavy (non-hydrogen) atoms. The van der Waals surface area contributed by atoms with Gasteiger partial charge in [-0.15, -0.1) is 0 Å². The average Bonchev–Trinajstić information content (AvgIpc) is 2.30. The molecule has 0 radical (unpaired) electrons. The number of rotatable bonds is 1. The minimum absolute atomic E-state index is 1.25. The molecule has 0 heterocycles. The standard InChI is InChI=1S/C5H5F6N/c6-2(5(9,10)11)3(12)1-4(3,7)8/h2H,1,12H2. The summed E-state index contributed by atoms with van der Waals surface area (Å²) in [6.45, 7) is 0. The van der Waals surface area contributed by atoms with Crippen LogP contribution in [0.1, 0.15) is 6.42 Å². The Bertz CT molecular complexity index is 199. The van der Waals surface area contributed by atoms with Crippen molar-refractivity contribution in [1.82, 2.24) is 0 Å². The lowest BCUT2D eigenvalue weighted by atomic mass is 10.1. The largest absolute Gasteiger partial charge is 0.421 e. The highest BCUT2D eigenvalue weighted by Gasteiger charge is 2.78. The summed E-state index contributed by atoms with van der Waals surface area (Å²) in [4.78, 5) is 0.